The summed E-state index contributed by atoms with van der Waals surface area (Å²) < 4.78 is 5.28. The lowest BCUT2D eigenvalue weighted by Gasteiger charge is -2.36. The molecule has 4 nitrogen and oxygen atoms in total. The van der Waals surface area contributed by atoms with Gasteiger partial charge in [0.2, 0.25) is 0 Å². The maximum Gasteiger partial charge on any atom is 0.321 e. The predicted octanol–water partition coefficient (Wildman–Crippen LogP) is 1.21. The van der Waals surface area contributed by atoms with Crippen LogP contribution in [-0.4, -0.2) is 48.3 Å². The number of carbonyl (C=O) groups is 1. The molecular weight excluding hydrogens is 194 g/mol. The van der Waals surface area contributed by atoms with E-state index in [1.165, 1.54) is 0 Å². The number of carboxylic acid groups (broad SMARTS) is 1. The van der Waals surface area contributed by atoms with E-state index in [1.807, 2.05) is 25.8 Å². The molecule has 1 aliphatic heterocycles. The second-order valence-electron chi connectivity index (χ2n) is 4.54. The molecule has 0 spiro atoms. The van der Waals surface area contributed by atoms with E-state index in [0.29, 0.717) is 6.04 Å². The number of rotatable bonds is 4. The van der Waals surface area contributed by atoms with Gasteiger partial charge in [0.1, 0.15) is 6.04 Å². The first kappa shape index (κ1) is 12.5. The fraction of sp³-hybridized carbons (Fsp3) is 0.909. The monoisotopic (exact) mass is 215 g/mol. The van der Waals surface area contributed by atoms with Crippen molar-refractivity contribution in [1.29, 1.82) is 0 Å². The minimum atomic E-state index is -0.723. The van der Waals surface area contributed by atoms with Crippen LogP contribution in [0.1, 0.15) is 26.7 Å². The van der Waals surface area contributed by atoms with Crippen LogP contribution < -0.4 is 0 Å². The molecule has 1 unspecified atom stereocenters. The van der Waals surface area contributed by atoms with Crippen LogP contribution in [0.4, 0.5) is 0 Å². The molecule has 15 heavy (non-hydrogen) atoms. The van der Waals surface area contributed by atoms with Crippen molar-refractivity contribution in [2.45, 2.75) is 38.8 Å². The normalized spacial score (nSPS) is 20.9. The molecule has 0 aromatic heterocycles. The van der Waals surface area contributed by atoms with E-state index in [1.54, 1.807) is 0 Å². The molecule has 0 saturated carbocycles. The molecule has 1 rings (SSSR count). The summed E-state index contributed by atoms with van der Waals surface area (Å²) in [5.74, 6) is -0.589. The van der Waals surface area contributed by atoms with Crippen LogP contribution in [0.15, 0.2) is 0 Å². The molecule has 0 aromatic rings. The SMILES string of the molecule is CC(C)C(C(=O)O)N(C)C1CCOCC1. The average Bonchev–Trinajstić information content (AvgIpc) is 2.18. The molecular formula is C11H21NO3. The van der Waals surface area contributed by atoms with Crippen molar-refractivity contribution >= 4 is 5.97 Å². The highest BCUT2D eigenvalue weighted by Gasteiger charge is 2.31. The third-order valence-electron chi connectivity index (χ3n) is 3.09. The van der Waals surface area contributed by atoms with E-state index in [-0.39, 0.29) is 12.0 Å². The first-order valence-corrected chi connectivity index (χ1v) is 5.56. The Balaban J connectivity index is 2.61. The summed E-state index contributed by atoms with van der Waals surface area (Å²) in [5, 5.41) is 9.17. The lowest BCUT2D eigenvalue weighted by Crippen LogP contribution is -2.49. The number of hydrogen-bond acceptors (Lipinski definition) is 3. The van der Waals surface area contributed by atoms with E-state index in [0.717, 1.165) is 26.1 Å². The van der Waals surface area contributed by atoms with Gasteiger partial charge < -0.3 is 9.84 Å². The third-order valence-corrected chi connectivity index (χ3v) is 3.09. The fourth-order valence-corrected chi connectivity index (χ4v) is 2.25. The predicted molar refractivity (Wildman–Crippen MR) is 57.9 cm³/mol. The molecule has 4 heteroatoms. The van der Waals surface area contributed by atoms with Gasteiger partial charge in [-0.1, -0.05) is 13.8 Å². The van der Waals surface area contributed by atoms with E-state index < -0.39 is 5.97 Å². The summed E-state index contributed by atoms with van der Waals surface area (Å²) in [5.41, 5.74) is 0. The summed E-state index contributed by atoms with van der Waals surface area (Å²) in [6, 6.07) is -0.0321. The van der Waals surface area contributed by atoms with Gasteiger partial charge in [0, 0.05) is 19.3 Å². The zero-order valence-corrected chi connectivity index (χ0v) is 9.77. The maximum atomic E-state index is 11.2. The smallest absolute Gasteiger partial charge is 0.321 e. The number of hydrogen-bond donors (Lipinski definition) is 1. The lowest BCUT2D eigenvalue weighted by atomic mass is 9.98. The summed E-state index contributed by atoms with van der Waals surface area (Å²) in [6.07, 6.45) is 1.88. The van der Waals surface area contributed by atoms with Crippen molar-refractivity contribution in [3.8, 4) is 0 Å². The number of carboxylic acids is 1. The summed E-state index contributed by atoms with van der Waals surface area (Å²) >= 11 is 0. The van der Waals surface area contributed by atoms with Gasteiger partial charge in [-0.3, -0.25) is 9.69 Å². The first-order chi connectivity index (χ1) is 7.04. The summed E-state index contributed by atoms with van der Waals surface area (Å²) in [6.45, 7) is 5.40. The molecule has 88 valence electrons. The number of likely N-dealkylation sites (N-methyl/N-ethyl adjacent to an activating group) is 1. The van der Waals surface area contributed by atoms with Crippen LogP contribution in [0.3, 0.4) is 0 Å². The second-order valence-corrected chi connectivity index (χ2v) is 4.54. The molecule has 1 heterocycles. The average molecular weight is 215 g/mol. The number of ether oxygens (including phenoxy) is 1. The zero-order chi connectivity index (χ0) is 11.4. The van der Waals surface area contributed by atoms with Gasteiger partial charge in [0.15, 0.2) is 0 Å². The second kappa shape index (κ2) is 5.47. The molecule has 0 aliphatic carbocycles. The van der Waals surface area contributed by atoms with Gasteiger partial charge >= 0.3 is 5.97 Å². The van der Waals surface area contributed by atoms with E-state index >= 15 is 0 Å². The summed E-state index contributed by atoms with van der Waals surface area (Å²) in [4.78, 5) is 13.1. The van der Waals surface area contributed by atoms with Gasteiger partial charge in [-0.05, 0) is 25.8 Å². The molecule has 0 aromatic carbocycles. The highest BCUT2D eigenvalue weighted by Crippen LogP contribution is 2.19. The first-order valence-electron chi connectivity index (χ1n) is 5.56. The van der Waals surface area contributed by atoms with Crippen LogP contribution in [0.5, 0.6) is 0 Å². The van der Waals surface area contributed by atoms with E-state index in [4.69, 9.17) is 4.74 Å². The minimum Gasteiger partial charge on any atom is -0.480 e. The largest absolute Gasteiger partial charge is 0.480 e. The molecule has 0 amide bonds. The molecule has 1 atom stereocenters. The van der Waals surface area contributed by atoms with Crippen molar-refractivity contribution in [1.82, 2.24) is 4.90 Å². The van der Waals surface area contributed by atoms with Crippen molar-refractivity contribution in [2.24, 2.45) is 5.92 Å². The van der Waals surface area contributed by atoms with Crippen LogP contribution in [-0.2, 0) is 9.53 Å². The highest BCUT2D eigenvalue weighted by molar-refractivity contribution is 5.73. The fourth-order valence-electron chi connectivity index (χ4n) is 2.25. The van der Waals surface area contributed by atoms with E-state index in [2.05, 4.69) is 0 Å². The minimum absolute atomic E-state index is 0.135. The van der Waals surface area contributed by atoms with Crippen molar-refractivity contribution in [3.63, 3.8) is 0 Å². The van der Waals surface area contributed by atoms with E-state index in [9.17, 15) is 9.90 Å². The van der Waals surface area contributed by atoms with Crippen molar-refractivity contribution < 1.29 is 14.6 Å². The molecule has 1 aliphatic rings. The lowest BCUT2D eigenvalue weighted by molar-refractivity contribution is -0.146. The van der Waals surface area contributed by atoms with Gasteiger partial charge in [0.25, 0.3) is 0 Å². The zero-order valence-electron chi connectivity index (χ0n) is 9.77. The third kappa shape index (κ3) is 3.18. The van der Waals surface area contributed by atoms with Crippen LogP contribution in [0.25, 0.3) is 0 Å². The Morgan fingerprint density at radius 3 is 2.33 bits per heavy atom. The van der Waals surface area contributed by atoms with Gasteiger partial charge in [0.05, 0.1) is 0 Å². The van der Waals surface area contributed by atoms with Crippen LogP contribution >= 0.6 is 0 Å². The molecule has 1 N–H and O–H groups in total. The molecule has 0 bridgehead atoms. The van der Waals surface area contributed by atoms with Crippen LogP contribution in [0, 0.1) is 5.92 Å². The molecule has 1 saturated heterocycles. The Morgan fingerprint density at radius 2 is 1.93 bits per heavy atom. The van der Waals surface area contributed by atoms with Gasteiger partial charge in [-0.25, -0.2) is 0 Å². The molecule has 0 radical (unpaired) electrons. The van der Waals surface area contributed by atoms with Gasteiger partial charge in [-0.15, -0.1) is 0 Å². The Hall–Kier alpha value is -0.610. The number of nitrogens with zero attached hydrogens (tertiary/aromatic N) is 1. The topological polar surface area (TPSA) is 49.8 Å². The quantitative estimate of drug-likeness (QED) is 0.765. The van der Waals surface area contributed by atoms with Crippen LogP contribution in [0.2, 0.25) is 0 Å². The van der Waals surface area contributed by atoms with Gasteiger partial charge in [-0.2, -0.15) is 0 Å². The Bertz CT molecular complexity index is 212. The Kier molecular flexibility index (Phi) is 4.54. The summed E-state index contributed by atoms with van der Waals surface area (Å²) in [7, 11) is 1.91. The van der Waals surface area contributed by atoms with Crippen molar-refractivity contribution in [3.05, 3.63) is 0 Å². The maximum absolute atomic E-state index is 11.2. The molecule has 1 fully saturated rings. The van der Waals surface area contributed by atoms with Crippen molar-refractivity contribution in [2.75, 3.05) is 20.3 Å². The standard InChI is InChI=1S/C11H21NO3/c1-8(2)10(11(13)14)12(3)9-4-6-15-7-5-9/h8-10H,4-7H2,1-3H3,(H,13,14). The number of aliphatic carboxylic acids is 1. The highest BCUT2D eigenvalue weighted by atomic mass is 16.5. The Morgan fingerprint density at radius 1 is 1.40 bits per heavy atom. The Labute approximate surface area is 91.2 Å².